The van der Waals surface area contributed by atoms with Crippen LogP contribution in [0.15, 0.2) is 30.7 Å². The highest BCUT2D eigenvalue weighted by atomic mass is 16.3. The Balaban J connectivity index is 2.08. The van der Waals surface area contributed by atoms with Crippen molar-refractivity contribution in [2.24, 2.45) is 7.05 Å². The highest BCUT2D eigenvalue weighted by molar-refractivity contribution is 5.91. The van der Waals surface area contributed by atoms with Crippen LogP contribution >= 0.6 is 0 Å². The van der Waals surface area contributed by atoms with Gasteiger partial charge in [0.2, 0.25) is 0 Å². The standard InChI is InChI=1S/C11H10N6O/c1-17-14-5-10(16-17)15-11-8-4-7(18)2-3-9(8)12-6-13-11/h2-6,18H,1H3,(H,12,13,15,16). The van der Waals surface area contributed by atoms with Crippen LogP contribution in [0, 0.1) is 0 Å². The number of phenolic OH excluding ortho intramolecular Hbond substituents is 1. The normalized spacial score (nSPS) is 10.7. The van der Waals surface area contributed by atoms with Crippen LogP contribution in [0.4, 0.5) is 11.6 Å². The molecule has 0 aliphatic heterocycles. The molecule has 90 valence electrons. The number of benzene rings is 1. The van der Waals surface area contributed by atoms with E-state index in [0.717, 1.165) is 10.9 Å². The first-order chi connectivity index (χ1) is 8.72. The number of aromatic nitrogens is 5. The lowest BCUT2D eigenvalue weighted by Gasteiger charge is -2.05. The molecular formula is C11H10N6O. The third-order valence-corrected chi connectivity index (χ3v) is 2.46. The van der Waals surface area contributed by atoms with E-state index in [-0.39, 0.29) is 5.75 Å². The molecule has 0 spiro atoms. The highest BCUT2D eigenvalue weighted by Gasteiger charge is 2.06. The van der Waals surface area contributed by atoms with Gasteiger partial charge in [-0.1, -0.05) is 0 Å². The van der Waals surface area contributed by atoms with Gasteiger partial charge in [-0.15, -0.1) is 5.10 Å². The summed E-state index contributed by atoms with van der Waals surface area (Å²) in [7, 11) is 1.73. The first-order valence-corrected chi connectivity index (χ1v) is 5.29. The summed E-state index contributed by atoms with van der Waals surface area (Å²) in [5.41, 5.74) is 0.745. The number of fused-ring (bicyclic) bond motifs is 1. The van der Waals surface area contributed by atoms with Crippen molar-refractivity contribution in [2.75, 3.05) is 5.32 Å². The third-order valence-electron chi connectivity index (χ3n) is 2.46. The Morgan fingerprint density at radius 1 is 1.28 bits per heavy atom. The summed E-state index contributed by atoms with van der Waals surface area (Å²) in [6, 6.07) is 4.92. The van der Waals surface area contributed by atoms with Crippen LogP contribution in [-0.4, -0.2) is 30.1 Å². The molecule has 0 fully saturated rings. The zero-order valence-corrected chi connectivity index (χ0v) is 9.57. The van der Waals surface area contributed by atoms with E-state index in [9.17, 15) is 5.11 Å². The van der Waals surface area contributed by atoms with Crippen molar-refractivity contribution in [1.82, 2.24) is 25.0 Å². The summed E-state index contributed by atoms with van der Waals surface area (Å²) < 4.78 is 0. The molecule has 2 heterocycles. The van der Waals surface area contributed by atoms with Crippen LogP contribution in [0.5, 0.6) is 5.75 Å². The molecule has 2 aromatic heterocycles. The molecule has 2 N–H and O–H groups in total. The molecule has 3 rings (SSSR count). The quantitative estimate of drug-likeness (QED) is 0.702. The zero-order chi connectivity index (χ0) is 12.5. The molecule has 0 aliphatic carbocycles. The van der Waals surface area contributed by atoms with Crippen molar-refractivity contribution >= 4 is 22.5 Å². The number of nitrogens with one attached hydrogen (secondary N) is 1. The molecule has 0 saturated heterocycles. The van der Waals surface area contributed by atoms with Crippen LogP contribution in [0.3, 0.4) is 0 Å². The van der Waals surface area contributed by atoms with Crippen LogP contribution < -0.4 is 5.32 Å². The van der Waals surface area contributed by atoms with Crippen molar-refractivity contribution in [1.29, 1.82) is 0 Å². The fraction of sp³-hybridized carbons (Fsp3) is 0.0909. The summed E-state index contributed by atoms with van der Waals surface area (Å²) in [5.74, 6) is 1.33. The largest absolute Gasteiger partial charge is 0.508 e. The van der Waals surface area contributed by atoms with E-state index < -0.39 is 0 Å². The van der Waals surface area contributed by atoms with E-state index >= 15 is 0 Å². The second-order valence-corrected chi connectivity index (χ2v) is 3.77. The maximum absolute atomic E-state index is 9.51. The van der Waals surface area contributed by atoms with E-state index in [1.807, 2.05) is 0 Å². The van der Waals surface area contributed by atoms with Gasteiger partial charge in [-0.25, -0.2) is 9.97 Å². The van der Waals surface area contributed by atoms with Gasteiger partial charge < -0.3 is 10.4 Å². The number of anilines is 2. The van der Waals surface area contributed by atoms with Gasteiger partial charge in [-0.2, -0.15) is 9.90 Å². The van der Waals surface area contributed by atoms with Gasteiger partial charge in [-0.05, 0) is 18.2 Å². The first kappa shape index (κ1) is 10.5. The van der Waals surface area contributed by atoms with Gasteiger partial charge in [0.15, 0.2) is 5.82 Å². The van der Waals surface area contributed by atoms with E-state index in [2.05, 4.69) is 25.5 Å². The molecule has 0 radical (unpaired) electrons. The van der Waals surface area contributed by atoms with Gasteiger partial charge in [0.25, 0.3) is 0 Å². The van der Waals surface area contributed by atoms with Crippen molar-refractivity contribution in [3.8, 4) is 5.75 Å². The van der Waals surface area contributed by atoms with Crippen molar-refractivity contribution in [2.45, 2.75) is 0 Å². The summed E-state index contributed by atoms with van der Waals surface area (Å²) in [5, 5.41) is 21.3. The molecule has 7 nitrogen and oxygen atoms in total. The van der Waals surface area contributed by atoms with E-state index in [4.69, 9.17) is 0 Å². The van der Waals surface area contributed by atoms with Gasteiger partial charge in [0.1, 0.15) is 17.9 Å². The topological polar surface area (TPSA) is 88.8 Å². The Morgan fingerprint density at radius 2 is 2.17 bits per heavy atom. The minimum Gasteiger partial charge on any atom is -0.508 e. The summed E-state index contributed by atoms with van der Waals surface area (Å²) in [6.45, 7) is 0. The average Bonchev–Trinajstić information content (AvgIpc) is 2.76. The van der Waals surface area contributed by atoms with E-state index in [0.29, 0.717) is 11.6 Å². The molecule has 0 aliphatic rings. The Kier molecular flexibility index (Phi) is 2.30. The number of rotatable bonds is 2. The molecular weight excluding hydrogens is 232 g/mol. The Bertz CT molecular complexity index is 708. The lowest BCUT2D eigenvalue weighted by atomic mass is 10.2. The highest BCUT2D eigenvalue weighted by Crippen LogP contribution is 2.25. The number of hydrogen-bond donors (Lipinski definition) is 2. The fourth-order valence-corrected chi connectivity index (χ4v) is 1.67. The second-order valence-electron chi connectivity index (χ2n) is 3.77. The van der Waals surface area contributed by atoms with E-state index in [1.165, 1.54) is 11.1 Å². The van der Waals surface area contributed by atoms with Gasteiger partial charge >= 0.3 is 0 Å². The Morgan fingerprint density at radius 3 is 2.94 bits per heavy atom. The minimum absolute atomic E-state index is 0.166. The molecule has 7 heteroatoms. The lowest BCUT2D eigenvalue weighted by Crippen LogP contribution is -1.98. The summed E-state index contributed by atoms with van der Waals surface area (Å²) in [4.78, 5) is 9.72. The third kappa shape index (κ3) is 1.81. The number of aromatic hydroxyl groups is 1. The predicted molar refractivity (Wildman–Crippen MR) is 65.5 cm³/mol. The minimum atomic E-state index is 0.166. The number of hydrogen-bond acceptors (Lipinski definition) is 6. The number of phenols is 1. The summed E-state index contributed by atoms with van der Waals surface area (Å²) in [6.07, 6.45) is 3.05. The van der Waals surface area contributed by atoms with Crippen molar-refractivity contribution < 1.29 is 5.11 Å². The molecule has 18 heavy (non-hydrogen) atoms. The van der Waals surface area contributed by atoms with Crippen LogP contribution in [0.1, 0.15) is 0 Å². The lowest BCUT2D eigenvalue weighted by molar-refractivity contribution is 0.476. The predicted octanol–water partition coefficient (Wildman–Crippen LogP) is 1.21. The molecule has 0 amide bonds. The van der Waals surface area contributed by atoms with Crippen molar-refractivity contribution in [3.05, 3.63) is 30.7 Å². The average molecular weight is 242 g/mol. The number of nitrogens with zero attached hydrogens (tertiary/aromatic N) is 5. The van der Waals surface area contributed by atoms with Crippen LogP contribution in [0.2, 0.25) is 0 Å². The molecule has 0 unspecified atom stereocenters. The van der Waals surface area contributed by atoms with Crippen LogP contribution in [0.25, 0.3) is 10.9 Å². The summed E-state index contributed by atoms with van der Waals surface area (Å²) >= 11 is 0. The maximum Gasteiger partial charge on any atom is 0.174 e. The fourth-order valence-electron chi connectivity index (χ4n) is 1.67. The van der Waals surface area contributed by atoms with Gasteiger partial charge in [0, 0.05) is 12.4 Å². The van der Waals surface area contributed by atoms with Gasteiger partial charge in [0.05, 0.1) is 11.7 Å². The van der Waals surface area contributed by atoms with Crippen molar-refractivity contribution in [3.63, 3.8) is 0 Å². The molecule has 0 atom stereocenters. The Labute approximate surface area is 102 Å². The monoisotopic (exact) mass is 242 g/mol. The molecule has 0 saturated carbocycles. The van der Waals surface area contributed by atoms with Crippen LogP contribution in [-0.2, 0) is 7.05 Å². The Hall–Kier alpha value is -2.70. The van der Waals surface area contributed by atoms with Gasteiger partial charge in [-0.3, -0.25) is 0 Å². The second kappa shape index (κ2) is 3.95. The first-order valence-electron chi connectivity index (χ1n) is 5.29. The number of aryl methyl sites for hydroxylation is 1. The zero-order valence-electron chi connectivity index (χ0n) is 9.57. The smallest absolute Gasteiger partial charge is 0.174 e. The molecule has 0 bridgehead atoms. The molecule has 1 aromatic carbocycles. The SMILES string of the molecule is Cn1ncc(Nc2ncnc3ccc(O)cc23)n1. The molecule has 3 aromatic rings. The van der Waals surface area contributed by atoms with E-state index in [1.54, 1.807) is 31.4 Å². The maximum atomic E-state index is 9.51.